The van der Waals surface area contributed by atoms with Gasteiger partial charge in [0.25, 0.3) is 11.8 Å². The molecule has 7 rings (SSSR count). The van der Waals surface area contributed by atoms with Gasteiger partial charge in [-0.15, -0.1) is 0 Å². The van der Waals surface area contributed by atoms with Crippen molar-refractivity contribution in [2.45, 2.75) is 70.0 Å². The van der Waals surface area contributed by atoms with Crippen LogP contribution in [0.3, 0.4) is 0 Å². The summed E-state index contributed by atoms with van der Waals surface area (Å²) in [5.41, 5.74) is 4.02. The van der Waals surface area contributed by atoms with Gasteiger partial charge in [-0.25, -0.2) is 4.39 Å². The normalized spacial score (nSPS) is 21.1. The summed E-state index contributed by atoms with van der Waals surface area (Å²) in [7, 11) is 0. The molecule has 0 aromatic heterocycles. The second-order valence-electron chi connectivity index (χ2n) is 15.6. The minimum atomic E-state index is -0.876. The lowest BCUT2D eigenvalue weighted by Crippen LogP contribution is -2.52. The van der Waals surface area contributed by atoms with Gasteiger partial charge in [0.2, 0.25) is 11.8 Å². The molecule has 14 heteroatoms. The van der Waals surface area contributed by atoms with Crippen LogP contribution in [-0.2, 0) is 9.59 Å². The number of hydrogen-bond acceptors (Lipinski definition) is 9. The molecule has 4 heterocycles. The number of likely N-dealkylation sites (tertiary alicyclic amines) is 1. The first-order chi connectivity index (χ1) is 27.0. The van der Waals surface area contributed by atoms with Crippen LogP contribution in [-0.4, -0.2) is 92.5 Å². The van der Waals surface area contributed by atoms with Crippen molar-refractivity contribution in [1.29, 1.82) is 5.26 Å². The molecule has 4 N–H and O–H groups in total. The molecule has 12 nitrogen and oxygen atoms in total. The third-order valence-electron chi connectivity index (χ3n) is 11.9. The molecule has 294 valence electrons. The van der Waals surface area contributed by atoms with E-state index in [9.17, 15) is 28.8 Å². The summed E-state index contributed by atoms with van der Waals surface area (Å²) in [5.74, 6) is -2.35. The Kier molecular flexibility index (Phi) is 11.8. The van der Waals surface area contributed by atoms with Gasteiger partial charge in [0.1, 0.15) is 17.9 Å². The van der Waals surface area contributed by atoms with Crippen LogP contribution in [0.15, 0.2) is 60.7 Å². The van der Waals surface area contributed by atoms with E-state index >= 15 is 0 Å². The van der Waals surface area contributed by atoms with E-state index in [2.05, 4.69) is 56.2 Å². The Hall–Kier alpha value is -5.19. The Morgan fingerprint density at radius 1 is 0.964 bits per heavy atom. The first-order valence-electron chi connectivity index (χ1n) is 19.5. The maximum Gasteiger partial charge on any atom is 0.254 e. The standard InChI is InChI=1S/C42H48ClFN8O4/c1-27-24-42(26-52(27)33-8-4-29(25-45)35(43)23-33)14-20-50(21-15-42)32-6-2-28(3-7-32)41(56)51-18-12-30(13-19-51)46-16-17-47-31-5-9-34(36(44)22-31)39(54)48-37-10-11-38(53)49-40(37)55/h2-9,22-23,27,30,37,46-47H,10-21,24,26H2,1H3,(H,48,54)(H,49,53,55)/t27-,37+/m0/s1. The van der Waals surface area contributed by atoms with Crippen molar-refractivity contribution in [3.05, 3.63) is 88.2 Å². The number of piperidine rings is 3. The van der Waals surface area contributed by atoms with Gasteiger partial charge in [0.15, 0.2) is 0 Å². The second kappa shape index (κ2) is 16.9. The molecule has 56 heavy (non-hydrogen) atoms. The predicted molar refractivity (Wildman–Crippen MR) is 213 cm³/mol. The molecule has 2 atom stereocenters. The summed E-state index contributed by atoms with van der Waals surface area (Å²) in [6, 6.07) is 20.0. The highest BCUT2D eigenvalue weighted by atomic mass is 35.5. The van der Waals surface area contributed by atoms with Crippen LogP contribution in [0.2, 0.25) is 5.02 Å². The zero-order valence-electron chi connectivity index (χ0n) is 31.6. The van der Waals surface area contributed by atoms with Gasteiger partial charge in [-0.1, -0.05) is 11.6 Å². The average molecular weight is 783 g/mol. The molecular formula is C42H48ClFN8O4. The van der Waals surface area contributed by atoms with E-state index in [4.69, 9.17) is 11.6 Å². The molecule has 0 saturated carbocycles. The fourth-order valence-corrected chi connectivity index (χ4v) is 8.90. The predicted octanol–water partition coefficient (Wildman–Crippen LogP) is 5.08. The zero-order valence-corrected chi connectivity index (χ0v) is 32.3. The van der Waals surface area contributed by atoms with E-state index in [1.165, 1.54) is 12.1 Å². The van der Waals surface area contributed by atoms with E-state index < -0.39 is 23.7 Å². The lowest BCUT2D eigenvalue weighted by Gasteiger charge is -2.40. The monoisotopic (exact) mass is 782 g/mol. The molecule has 0 bridgehead atoms. The molecule has 4 amide bonds. The van der Waals surface area contributed by atoms with Crippen LogP contribution < -0.4 is 31.1 Å². The molecule has 4 saturated heterocycles. The van der Waals surface area contributed by atoms with Gasteiger partial charge in [0.05, 0.1) is 16.1 Å². The van der Waals surface area contributed by atoms with Gasteiger partial charge in [-0.3, -0.25) is 24.5 Å². The molecule has 4 fully saturated rings. The number of nitrogens with one attached hydrogen (secondary N) is 4. The van der Waals surface area contributed by atoms with E-state index in [0.717, 1.165) is 63.1 Å². The largest absolute Gasteiger partial charge is 0.384 e. The van der Waals surface area contributed by atoms with E-state index in [0.29, 0.717) is 54.1 Å². The van der Waals surface area contributed by atoms with E-state index in [1.54, 1.807) is 6.07 Å². The number of nitriles is 1. The lowest BCUT2D eigenvalue weighted by atomic mass is 9.76. The van der Waals surface area contributed by atoms with E-state index in [-0.39, 0.29) is 41.7 Å². The van der Waals surface area contributed by atoms with Crippen LogP contribution >= 0.6 is 11.6 Å². The Labute approximate surface area is 331 Å². The SMILES string of the molecule is C[C@H]1CC2(CCN(c3ccc(C(=O)N4CCC(NCCNc5ccc(C(=O)N[C@@H]6CCC(=O)NC6=O)c(F)c5)CC4)cc3)CC2)CN1c1ccc(C#N)c(Cl)c1. The maximum absolute atomic E-state index is 14.8. The summed E-state index contributed by atoms with van der Waals surface area (Å²) in [6.45, 7) is 7.69. The van der Waals surface area contributed by atoms with Crippen molar-refractivity contribution in [3.8, 4) is 6.07 Å². The van der Waals surface area contributed by atoms with Crippen molar-refractivity contribution in [2.75, 3.05) is 60.9 Å². The van der Waals surface area contributed by atoms with Crippen LogP contribution in [0.5, 0.6) is 0 Å². The quantitative estimate of drug-likeness (QED) is 0.163. The number of amides is 4. The average Bonchev–Trinajstić information content (AvgIpc) is 3.52. The molecule has 0 unspecified atom stereocenters. The number of nitrogens with zero attached hydrogens (tertiary/aromatic N) is 4. The fraction of sp³-hybridized carbons (Fsp3) is 0.452. The maximum atomic E-state index is 14.8. The molecule has 0 radical (unpaired) electrons. The molecule has 1 spiro atoms. The van der Waals surface area contributed by atoms with Crippen molar-refractivity contribution in [2.24, 2.45) is 5.41 Å². The number of benzene rings is 3. The summed E-state index contributed by atoms with van der Waals surface area (Å²) >= 11 is 6.36. The smallest absolute Gasteiger partial charge is 0.254 e. The van der Waals surface area contributed by atoms with Crippen LogP contribution in [0.25, 0.3) is 0 Å². The van der Waals surface area contributed by atoms with Crippen LogP contribution in [0.4, 0.5) is 21.5 Å². The minimum Gasteiger partial charge on any atom is -0.384 e. The summed E-state index contributed by atoms with van der Waals surface area (Å²) in [4.78, 5) is 56.0. The third kappa shape index (κ3) is 8.77. The Morgan fingerprint density at radius 3 is 2.38 bits per heavy atom. The van der Waals surface area contributed by atoms with Gasteiger partial charge in [-0.2, -0.15) is 5.26 Å². The molecule has 4 aliphatic rings. The molecule has 3 aromatic rings. The minimum absolute atomic E-state index is 0.0495. The third-order valence-corrected chi connectivity index (χ3v) is 12.2. The first kappa shape index (κ1) is 39.1. The summed E-state index contributed by atoms with van der Waals surface area (Å²) in [6.07, 6.45) is 5.28. The zero-order chi connectivity index (χ0) is 39.4. The molecular weight excluding hydrogens is 735 g/mol. The van der Waals surface area contributed by atoms with Gasteiger partial charge in [0, 0.05) is 86.9 Å². The Balaban J connectivity index is 0.811. The van der Waals surface area contributed by atoms with Crippen molar-refractivity contribution < 1.29 is 23.6 Å². The molecule has 4 aliphatic heterocycles. The van der Waals surface area contributed by atoms with Gasteiger partial charge >= 0.3 is 0 Å². The highest BCUT2D eigenvalue weighted by Crippen LogP contribution is 2.46. The molecule has 0 aliphatic carbocycles. The number of carbonyl (C=O) groups is 4. The summed E-state index contributed by atoms with van der Waals surface area (Å²) < 4.78 is 14.8. The highest BCUT2D eigenvalue weighted by molar-refractivity contribution is 6.32. The fourth-order valence-electron chi connectivity index (χ4n) is 8.68. The van der Waals surface area contributed by atoms with Crippen LogP contribution in [0.1, 0.15) is 78.1 Å². The Bertz CT molecular complexity index is 2010. The van der Waals surface area contributed by atoms with Gasteiger partial charge < -0.3 is 30.7 Å². The second-order valence-corrected chi connectivity index (χ2v) is 16.0. The van der Waals surface area contributed by atoms with Crippen LogP contribution in [0, 0.1) is 22.6 Å². The number of rotatable bonds is 10. The van der Waals surface area contributed by atoms with Crippen molar-refractivity contribution in [3.63, 3.8) is 0 Å². The van der Waals surface area contributed by atoms with E-state index in [1.807, 2.05) is 35.2 Å². The number of imide groups is 1. The van der Waals surface area contributed by atoms with Crippen molar-refractivity contribution >= 4 is 52.3 Å². The summed E-state index contributed by atoms with van der Waals surface area (Å²) in [5, 5.41) is 21.1. The molecule has 3 aromatic carbocycles. The highest BCUT2D eigenvalue weighted by Gasteiger charge is 2.44. The number of anilines is 3. The van der Waals surface area contributed by atoms with Gasteiger partial charge in [-0.05, 0) is 112 Å². The Morgan fingerprint density at radius 2 is 1.70 bits per heavy atom. The lowest BCUT2D eigenvalue weighted by molar-refractivity contribution is -0.134. The first-order valence-corrected chi connectivity index (χ1v) is 19.9. The topological polar surface area (TPSA) is 150 Å². The van der Waals surface area contributed by atoms with Crippen molar-refractivity contribution in [1.82, 2.24) is 20.9 Å². The number of carbonyl (C=O) groups excluding carboxylic acids is 4. The number of halogens is 2. The number of hydrogen-bond donors (Lipinski definition) is 4.